The van der Waals surface area contributed by atoms with Gasteiger partial charge >= 0.3 is 0 Å². The molecule has 6 heteroatoms. The summed E-state index contributed by atoms with van der Waals surface area (Å²) < 4.78 is 1.47. The lowest BCUT2D eigenvalue weighted by Crippen LogP contribution is -2.38. The van der Waals surface area contributed by atoms with Crippen LogP contribution in [0.5, 0.6) is 0 Å². The fraction of sp³-hybridized carbons (Fsp3) is 0.400. The Kier molecular flexibility index (Phi) is 4.67. The first-order valence-electron chi connectivity index (χ1n) is 9.13. The summed E-state index contributed by atoms with van der Waals surface area (Å²) in [5, 5.41) is 0.897. The minimum atomic E-state index is 0.0238. The van der Waals surface area contributed by atoms with E-state index in [2.05, 4.69) is 24.3 Å². The average molecular weight is 401 g/mol. The van der Waals surface area contributed by atoms with Gasteiger partial charge in [-0.05, 0) is 53.9 Å². The summed E-state index contributed by atoms with van der Waals surface area (Å²) in [6, 6.07) is 10.5. The lowest BCUT2D eigenvalue weighted by molar-refractivity contribution is -0.125. The SMILES string of the molecule is O=C1CSC2=NC3=C(CCCC3=C3SCCCS3)[C@@H](c3ccccc3)N12. The van der Waals surface area contributed by atoms with E-state index >= 15 is 0 Å². The highest BCUT2D eigenvalue weighted by atomic mass is 32.2. The Balaban J connectivity index is 1.67. The van der Waals surface area contributed by atoms with Crippen molar-refractivity contribution in [3.63, 3.8) is 0 Å². The molecule has 1 aromatic rings. The molecule has 0 spiro atoms. The van der Waals surface area contributed by atoms with Crippen LogP contribution in [0.3, 0.4) is 0 Å². The summed E-state index contributed by atoms with van der Waals surface area (Å²) in [4.78, 5) is 19.6. The second-order valence-corrected chi connectivity index (χ2v) is 10.2. The molecule has 5 rings (SSSR count). The van der Waals surface area contributed by atoms with Gasteiger partial charge in [0.15, 0.2) is 5.17 Å². The Morgan fingerprint density at radius 2 is 1.81 bits per heavy atom. The molecular weight excluding hydrogens is 380 g/mol. The normalized spacial score (nSPS) is 26.0. The van der Waals surface area contributed by atoms with E-state index in [9.17, 15) is 4.79 Å². The molecule has 0 saturated carbocycles. The quantitative estimate of drug-likeness (QED) is 0.649. The van der Waals surface area contributed by atoms with Gasteiger partial charge in [-0.25, -0.2) is 4.99 Å². The fourth-order valence-corrected chi connectivity index (χ4v) is 7.65. The van der Waals surface area contributed by atoms with Crippen LogP contribution in [-0.4, -0.2) is 33.2 Å². The molecule has 1 aliphatic carbocycles. The van der Waals surface area contributed by atoms with Gasteiger partial charge in [-0.1, -0.05) is 42.1 Å². The molecule has 1 aromatic carbocycles. The molecular formula is C20H20N2OS3. The summed E-state index contributed by atoms with van der Waals surface area (Å²) in [5.41, 5.74) is 5.18. The number of benzene rings is 1. The van der Waals surface area contributed by atoms with Crippen LogP contribution in [0.1, 0.15) is 37.3 Å². The van der Waals surface area contributed by atoms with E-state index in [0.717, 1.165) is 24.4 Å². The number of nitrogens with zero attached hydrogens (tertiary/aromatic N) is 2. The number of amides is 1. The number of fused-ring (bicyclic) bond motifs is 1. The van der Waals surface area contributed by atoms with Crippen molar-refractivity contribution in [3.05, 3.63) is 57.0 Å². The zero-order chi connectivity index (χ0) is 17.5. The molecule has 0 radical (unpaired) electrons. The molecule has 26 heavy (non-hydrogen) atoms. The topological polar surface area (TPSA) is 32.7 Å². The number of carbonyl (C=O) groups is 1. The molecule has 134 valence electrons. The zero-order valence-electron chi connectivity index (χ0n) is 14.4. The van der Waals surface area contributed by atoms with Crippen molar-refractivity contribution in [1.82, 2.24) is 4.90 Å². The van der Waals surface area contributed by atoms with Crippen molar-refractivity contribution in [1.29, 1.82) is 0 Å². The highest BCUT2D eigenvalue weighted by Gasteiger charge is 2.42. The average Bonchev–Trinajstić information content (AvgIpc) is 3.07. The van der Waals surface area contributed by atoms with Crippen molar-refractivity contribution in [2.24, 2.45) is 4.99 Å². The minimum Gasteiger partial charge on any atom is -0.279 e. The second-order valence-electron chi connectivity index (χ2n) is 6.80. The van der Waals surface area contributed by atoms with Crippen molar-refractivity contribution in [3.8, 4) is 0 Å². The first-order chi connectivity index (χ1) is 12.8. The maximum Gasteiger partial charge on any atom is 0.239 e. The lowest BCUT2D eigenvalue weighted by Gasteiger charge is -2.37. The van der Waals surface area contributed by atoms with Crippen molar-refractivity contribution < 1.29 is 4.79 Å². The summed E-state index contributed by atoms with van der Waals surface area (Å²) in [6.07, 6.45) is 4.59. The van der Waals surface area contributed by atoms with Crippen LogP contribution in [0, 0.1) is 0 Å². The lowest BCUT2D eigenvalue weighted by atomic mass is 9.84. The van der Waals surface area contributed by atoms with Crippen molar-refractivity contribution in [2.45, 2.75) is 31.7 Å². The van der Waals surface area contributed by atoms with Crippen molar-refractivity contribution >= 4 is 46.4 Å². The largest absolute Gasteiger partial charge is 0.279 e. The Morgan fingerprint density at radius 1 is 1.00 bits per heavy atom. The third-order valence-corrected chi connectivity index (χ3v) is 8.82. The molecule has 3 nitrogen and oxygen atoms in total. The molecule has 4 aliphatic rings. The number of hydrogen-bond donors (Lipinski definition) is 0. The second kappa shape index (κ2) is 7.13. The van der Waals surface area contributed by atoms with Gasteiger partial charge in [0.2, 0.25) is 5.91 Å². The Hall–Kier alpha value is -1.11. The van der Waals surface area contributed by atoms with E-state index in [1.54, 1.807) is 11.8 Å². The van der Waals surface area contributed by atoms with Crippen molar-refractivity contribution in [2.75, 3.05) is 17.3 Å². The molecule has 1 atom stereocenters. The van der Waals surface area contributed by atoms with Gasteiger partial charge in [0.1, 0.15) is 0 Å². The summed E-state index contributed by atoms with van der Waals surface area (Å²) in [5.74, 6) is 3.13. The fourth-order valence-electron chi connectivity index (χ4n) is 4.04. The van der Waals surface area contributed by atoms with Gasteiger partial charge in [0.25, 0.3) is 0 Å². The number of rotatable bonds is 1. The van der Waals surface area contributed by atoms with Crippen LogP contribution in [0.15, 0.2) is 56.4 Å². The highest BCUT2D eigenvalue weighted by molar-refractivity contribution is 8.22. The molecule has 3 aliphatic heterocycles. The molecule has 2 saturated heterocycles. The van der Waals surface area contributed by atoms with Crippen LogP contribution in [0.4, 0.5) is 0 Å². The third-order valence-electron chi connectivity index (χ3n) is 5.17. The van der Waals surface area contributed by atoms with Crippen LogP contribution >= 0.6 is 35.3 Å². The number of allylic oxidation sites excluding steroid dienone is 1. The Bertz CT molecular complexity index is 836. The van der Waals surface area contributed by atoms with E-state index in [1.807, 2.05) is 34.5 Å². The Labute approximate surface area is 166 Å². The van der Waals surface area contributed by atoms with Gasteiger partial charge in [0, 0.05) is 4.24 Å². The number of amidine groups is 1. The van der Waals surface area contributed by atoms with Crippen LogP contribution < -0.4 is 0 Å². The number of aliphatic imine (C=N–C) groups is 1. The monoisotopic (exact) mass is 400 g/mol. The third kappa shape index (κ3) is 2.86. The number of hydrogen-bond acceptors (Lipinski definition) is 5. The predicted molar refractivity (Wildman–Crippen MR) is 113 cm³/mol. The van der Waals surface area contributed by atoms with E-state index < -0.39 is 0 Å². The maximum atomic E-state index is 12.6. The first kappa shape index (κ1) is 17.0. The molecule has 2 fully saturated rings. The van der Waals surface area contributed by atoms with Crippen LogP contribution in [0.2, 0.25) is 0 Å². The van der Waals surface area contributed by atoms with Crippen LogP contribution in [0.25, 0.3) is 0 Å². The molecule has 1 amide bonds. The van der Waals surface area contributed by atoms with Crippen LogP contribution in [-0.2, 0) is 4.79 Å². The summed E-state index contributed by atoms with van der Waals surface area (Å²) in [7, 11) is 0. The minimum absolute atomic E-state index is 0.0238. The zero-order valence-corrected chi connectivity index (χ0v) is 16.9. The number of thioether (sulfide) groups is 3. The predicted octanol–water partition coefficient (Wildman–Crippen LogP) is 5.19. The smallest absolute Gasteiger partial charge is 0.239 e. The molecule has 0 N–H and O–H groups in total. The first-order valence-corrected chi connectivity index (χ1v) is 12.1. The van der Waals surface area contributed by atoms with Gasteiger partial charge in [-0.2, -0.15) is 0 Å². The Morgan fingerprint density at radius 3 is 2.62 bits per heavy atom. The van der Waals surface area contributed by atoms with Gasteiger partial charge < -0.3 is 0 Å². The molecule has 0 aromatic heterocycles. The van der Waals surface area contributed by atoms with Gasteiger partial charge in [-0.3, -0.25) is 9.69 Å². The van der Waals surface area contributed by atoms with Gasteiger partial charge in [0.05, 0.1) is 17.5 Å². The highest BCUT2D eigenvalue weighted by Crippen LogP contribution is 2.50. The standard InChI is InChI=1S/C20H20N2OS3/c23-16-12-26-20-21-17-14(18(22(16)20)13-6-2-1-3-7-13)8-4-9-15(17)19-24-10-5-11-25-19/h1-3,6-7,18H,4-5,8-12H2/t18-/m1/s1. The maximum absolute atomic E-state index is 12.6. The van der Waals surface area contributed by atoms with E-state index in [1.165, 1.54) is 44.6 Å². The summed E-state index contributed by atoms with van der Waals surface area (Å²) in [6.45, 7) is 0. The van der Waals surface area contributed by atoms with E-state index in [0.29, 0.717) is 5.75 Å². The summed E-state index contributed by atoms with van der Waals surface area (Å²) >= 11 is 5.59. The molecule has 3 heterocycles. The molecule has 0 bridgehead atoms. The number of carbonyl (C=O) groups excluding carboxylic acids is 1. The van der Waals surface area contributed by atoms with E-state index in [-0.39, 0.29) is 11.9 Å². The van der Waals surface area contributed by atoms with E-state index in [4.69, 9.17) is 4.99 Å². The molecule has 0 unspecified atom stereocenters. The van der Waals surface area contributed by atoms with Gasteiger partial charge in [-0.15, -0.1) is 23.5 Å².